The van der Waals surface area contributed by atoms with Gasteiger partial charge in [0.05, 0.1) is 0 Å². The zero-order chi connectivity index (χ0) is 9.97. The van der Waals surface area contributed by atoms with Gasteiger partial charge >= 0.3 is 0 Å². The predicted octanol–water partition coefficient (Wildman–Crippen LogP) is 3.34. The average molecular weight is 221 g/mol. The molecule has 0 saturated heterocycles. The zero-order valence-corrected chi connectivity index (χ0v) is 8.64. The van der Waals surface area contributed by atoms with E-state index >= 15 is 0 Å². The molecule has 2 nitrogen and oxygen atoms in total. The molecule has 0 aliphatic heterocycles. The topological polar surface area (TPSA) is 36.7 Å². The van der Waals surface area contributed by atoms with Gasteiger partial charge in [0.15, 0.2) is 5.15 Å². The minimum atomic E-state index is 0.401. The number of rotatable bonds is 1. The summed E-state index contributed by atoms with van der Waals surface area (Å²) in [7, 11) is 0. The first kappa shape index (κ1) is 9.20. The van der Waals surface area contributed by atoms with Crippen molar-refractivity contribution < 1.29 is 0 Å². The monoisotopic (exact) mass is 220 g/mol. The summed E-state index contributed by atoms with van der Waals surface area (Å²) < 4.78 is 3.95. The Morgan fingerprint density at radius 2 is 2.00 bits per heavy atom. The van der Waals surface area contributed by atoms with E-state index in [0.717, 1.165) is 22.7 Å². The third-order valence-electron chi connectivity index (χ3n) is 1.81. The maximum atomic E-state index is 8.85. The van der Waals surface area contributed by atoms with Crippen LogP contribution in [-0.4, -0.2) is 4.37 Å². The molecule has 0 amide bonds. The highest BCUT2D eigenvalue weighted by Gasteiger charge is 2.12. The Morgan fingerprint density at radius 1 is 1.29 bits per heavy atom. The Kier molecular flexibility index (Phi) is 2.49. The van der Waals surface area contributed by atoms with E-state index in [9.17, 15) is 0 Å². The maximum Gasteiger partial charge on any atom is 0.152 e. The molecule has 1 heterocycles. The summed E-state index contributed by atoms with van der Waals surface area (Å²) in [6.45, 7) is 0. The third-order valence-corrected chi connectivity index (χ3v) is 2.94. The number of nitriles is 1. The van der Waals surface area contributed by atoms with Gasteiger partial charge in [-0.2, -0.15) is 9.64 Å². The van der Waals surface area contributed by atoms with Crippen LogP contribution in [0.1, 0.15) is 4.88 Å². The second kappa shape index (κ2) is 3.79. The summed E-state index contributed by atoms with van der Waals surface area (Å²) >= 11 is 7.03. The van der Waals surface area contributed by atoms with Gasteiger partial charge in [-0.3, -0.25) is 0 Å². The van der Waals surface area contributed by atoms with Crippen LogP contribution in [0.4, 0.5) is 0 Å². The maximum absolute atomic E-state index is 8.85. The van der Waals surface area contributed by atoms with E-state index in [1.54, 1.807) is 0 Å². The molecular weight excluding hydrogens is 216 g/mol. The average Bonchev–Trinajstić information content (AvgIpc) is 2.61. The molecule has 2 rings (SSSR count). The molecule has 0 radical (unpaired) electrons. The first-order chi connectivity index (χ1) is 6.83. The number of halogens is 1. The standard InChI is InChI=1S/C10H5ClN2S/c11-10-9(8(6-12)14-13-10)7-4-2-1-3-5-7/h1-5H. The molecule has 0 unspecified atom stereocenters. The van der Waals surface area contributed by atoms with Crippen LogP contribution in [0.15, 0.2) is 30.3 Å². The van der Waals surface area contributed by atoms with Gasteiger partial charge in [0, 0.05) is 5.56 Å². The highest BCUT2D eigenvalue weighted by molar-refractivity contribution is 7.07. The first-order valence-corrected chi connectivity index (χ1v) is 5.08. The summed E-state index contributed by atoms with van der Waals surface area (Å²) in [5.74, 6) is 0. The van der Waals surface area contributed by atoms with Crippen LogP contribution in [0.25, 0.3) is 11.1 Å². The van der Waals surface area contributed by atoms with Crippen molar-refractivity contribution in [2.45, 2.75) is 0 Å². The van der Waals surface area contributed by atoms with Crippen molar-refractivity contribution in [3.05, 3.63) is 40.4 Å². The van der Waals surface area contributed by atoms with Crippen LogP contribution in [-0.2, 0) is 0 Å². The van der Waals surface area contributed by atoms with Gasteiger partial charge in [-0.1, -0.05) is 41.9 Å². The summed E-state index contributed by atoms with van der Waals surface area (Å²) in [5, 5.41) is 9.26. The molecule has 2 aromatic rings. The Hall–Kier alpha value is -1.37. The van der Waals surface area contributed by atoms with Gasteiger partial charge < -0.3 is 0 Å². The first-order valence-electron chi connectivity index (χ1n) is 3.93. The van der Waals surface area contributed by atoms with Gasteiger partial charge in [-0.25, -0.2) is 0 Å². The van der Waals surface area contributed by atoms with Crippen LogP contribution in [0.3, 0.4) is 0 Å². The molecule has 0 bridgehead atoms. The van der Waals surface area contributed by atoms with Crippen molar-refractivity contribution in [2.75, 3.05) is 0 Å². The molecule has 1 aromatic carbocycles. The lowest BCUT2D eigenvalue weighted by Crippen LogP contribution is -1.77. The third kappa shape index (κ3) is 1.50. The number of aromatic nitrogens is 1. The summed E-state index contributed by atoms with van der Waals surface area (Å²) in [4.78, 5) is 0.557. The lowest BCUT2D eigenvalue weighted by Gasteiger charge is -1.97. The Balaban J connectivity index is 2.63. The van der Waals surface area contributed by atoms with Crippen molar-refractivity contribution in [1.82, 2.24) is 4.37 Å². The van der Waals surface area contributed by atoms with Gasteiger partial charge in [-0.05, 0) is 17.1 Å². The van der Waals surface area contributed by atoms with E-state index in [4.69, 9.17) is 16.9 Å². The minimum absolute atomic E-state index is 0.401. The number of hydrogen-bond donors (Lipinski definition) is 0. The minimum Gasteiger partial charge on any atom is -0.191 e. The lowest BCUT2D eigenvalue weighted by molar-refractivity contribution is 1.51. The molecule has 0 atom stereocenters. The molecule has 0 spiro atoms. The quantitative estimate of drug-likeness (QED) is 0.739. The molecule has 14 heavy (non-hydrogen) atoms. The fraction of sp³-hybridized carbons (Fsp3) is 0. The Labute approximate surface area is 90.6 Å². The van der Waals surface area contributed by atoms with Crippen LogP contribution in [0, 0.1) is 11.3 Å². The molecule has 68 valence electrons. The van der Waals surface area contributed by atoms with Gasteiger partial charge in [0.1, 0.15) is 10.9 Å². The molecule has 0 aliphatic rings. The van der Waals surface area contributed by atoms with E-state index < -0.39 is 0 Å². The lowest BCUT2D eigenvalue weighted by atomic mass is 10.1. The Morgan fingerprint density at radius 3 is 2.64 bits per heavy atom. The largest absolute Gasteiger partial charge is 0.191 e. The molecule has 0 aliphatic carbocycles. The molecule has 0 saturated carbocycles. The van der Waals surface area contributed by atoms with Crippen LogP contribution in [0.2, 0.25) is 5.15 Å². The van der Waals surface area contributed by atoms with Crippen molar-refractivity contribution in [3.8, 4) is 17.2 Å². The summed E-state index contributed by atoms with van der Waals surface area (Å²) in [6, 6.07) is 11.6. The normalized spacial score (nSPS) is 9.71. The molecular formula is C10H5ClN2S. The fourth-order valence-corrected chi connectivity index (χ4v) is 2.17. The summed E-state index contributed by atoms with van der Waals surface area (Å²) in [6.07, 6.45) is 0. The SMILES string of the molecule is N#Cc1snc(Cl)c1-c1ccccc1. The molecule has 0 N–H and O–H groups in total. The molecule has 4 heteroatoms. The van der Waals surface area contributed by atoms with Crippen LogP contribution < -0.4 is 0 Å². The van der Waals surface area contributed by atoms with Gasteiger partial charge in [0.25, 0.3) is 0 Å². The van der Waals surface area contributed by atoms with Crippen molar-refractivity contribution >= 4 is 23.1 Å². The highest BCUT2D eigenvalue weighted by atomic mass is 35.5. The van der Waals surface area contributed by atoms with E-state index in [1.165, 1.54) is 0 Å². The van der Waals surface area contributed by atoms with E-state index in [0.29, 0.717) is 10.0 Å². The number of benzene rings is 1. The van der Waals surface area contributed by atoms with E-state index in [-0.39, 0.29) is 0 Å². The molecule has 1 aromatic heterocycles. The second-order valence-corrected chi connectivity index (χ2v) is 3.79. The van der Waals surface area contributed by atoms with Gasteiger partial charge in [-0.15, -0.1) is 0 Å². The van der Waals surface area contributed by atoms with Crippen LogP contribution in [0.5, 0.6) is 0 Å². The zero-order valence-electron chi connectivity index (χ0n) is 7.07. The van der Waals surface area contributed by atoms with Crippen LogP contribution >= 0.6 is 23.1 Å². The second-order valence-electron chi connectivity index (χ2n) is 2.66. The number of nitrogens with zero attached hydrogens (tertiary/aromatic N) is 2. The van der Waals surface area contributed by atoms with E-state index in [2.05, 4.69) is 10.4 Å². The van der Waals surface area contributed by atoms with Gasteiger partial charge in [0.2, 0.25) is 0 Å². The Bertz CT molecular complexity index is 485. The van der Waals surface area contributed by atoms with Crippen molar-refractivity contribution in [2.24, 2.45) is 0 Å². The predicted molar refractivity (Wildman–Crippen MR) is 57.3 cm³/mol. The summed E-state index contributed by atoms with van der Waals surface area (Å²) in [5.41, 5.74) is 1.67. The fourth-order valence-electron chi connectivity index (χ4n) is 1.20. The van der Waals surface area contributed by atoms with E-state index in [1.807, 2.05) is 30.3 Å². The molecule has 0 fully saturated rings. The highest BCUT2D eigenvalue weighted by Crippen LogP contribution is 2.32. The number of hydrogen-bond acceptors (Lipinski definition) is 3. The van der Waals surface area contributed by atoms with Crippen molar-refractivity contribution in [3.63, 3.8) is 0 Å². The van der Waals surface area contributed by atoms with Crippen molar-refractivity contribution in [1.29, 1.82) is 5.26 Å². The smallest absolute Gasteiger partial charge is 0.152 e.